The van der Waals surface area contributed by atoms with Crippen LogP contribution < -0.4 is 5.56 Å². The number of nitrogens with zero attached hydrogens (tertiary/aromatic N) is 2. The summed E-state index contributed by atoms with van der Waals surface area (Å²) >= 11 is 3.14. The molecule has 0 aliphatic carbocycles. The van der Waals surface area contributed by atoms with Gasteiger partial charge in [0.05, 0.1) is 11.8 Å². The van der Waals surface area contributed by atoms with Gasteiger partial charge in [0.2, 0.25) is 0 Å². The van der Waals surface area contributed by atoms with Gasteiger partial charge >= 0.3 is 0 Å². The van der Waals surface area contributed by atoms with Crippen LogP contribution in [0.15, 0.2) is 39.4 Å². The fourth-order valence-corrected chi connectivity index (χ4v) is 3.22. The van der Waals surface area contributed by atoms with Crippen LogP contribution in [0.25, 0.3) is 10.2 Å². The molecule has 3 aromatic heterocycles. The van der Waals surface area contributed by atoms with Crippen molar-refractivity contribution in [2.24, 2.45) is 0 Å². The highest BCUT2D eigenvalue weighted by atomic mass is 32.1. The normalized spacial score (nSPS) is 11.1. The van der Waals surface area contributed by atoms with Crippen molar-refractivity contribution in [1.29, 1.82) is 0 Å². The Bertz CT molecular complexity index is 682. The molecule has 5 heteroatoms. The van der Waals surface area contributed by atoms with Crippen molar-refractivity contribution in [3.63, 3.8) is 0 Å². The molecule has 0 N–H and O–H groups in total. The molecular formula is C12H10N2OS2. The zero-order chi connectivity index (χ0) is 11.7. The lowest BCUT2D eigenvalue weighted by molar-refractivity contribution is 0.664. The summed E-state index contributed by atoms with van der Waals surface area (Å²) in [6.07, 6.45) is 2.52. The van der Waals surface area contributed by atoms with E-state index >= 15 is 0 Å². The van der Waals surface area contributed by atoms with Gasteiger partial charge in [0.15, 0.2) is 0 Å². The van der Waals surface area contributed by atoms with Gasteiger partial charge in [-0.05, 0) is 40.3 Å². The molecule has 0 fully saturated rings. The van der Waals surface area contributed by atoms with E-state index in [4.69, 9.17) is 0 Å². The Hall–Kier alpha value is -1.46. The molecule has 0 saturated carbocycles. The average Bonchev–Trinajstić information content (AvgIpc) is 2.99. The number of rotatable bonds is 3. The van der Waals surface area contributed by atoms with E-state index in [1.807, 2.05) is 11.4 Å². The maximum Gasteiger partial charge on any atom is 0.271 e. The van der Waals surface area contributed by atoms with E-state index in [0.717, 1.165) is 16.6 Å². The summed E-state index contributed by atoms with van der Waals surface area (Å²) < 4.78 is 2.44. The van der Waals surface area contributed by atoms with Crippen molar-refractivity contribution in [1.82, 2.24) is 9.55 Å². The van der Waals surface area contributed by atoms with Crippen LogP contribution in [0.2, 0.25) is 0 Å². The average molecular weight is 262 g/mol. The molecule has 3 nitrogen and oxygen atoms in total. The molecule has 0 aliphatic rings. The smallest absolute Gasteiger partial charge is 0.271 e. The van der Waals surface area contributed by atoms with Gasteiger partial charge in [-0.1, -0.05) is 0 Å². The lowest BCUT2D eigenvalue weighted by atomic mass is 10.2. The van der Waals surface area contributed by atoms with Crippen LogP contribution in [-0.4, -0.2) is 9.55 Å². The molecule has 0 atom stereocenters. The van der Waals surface area contributed by atoms with Gasteiger partial charge in [0, 0.05) is 6.54 Å². The number of hydrogen-bond donors (Lipinski definition) is 0. The number of aryl methyl sites for hydroxylation is 2. The third-order valence-corrected chi connectivity index (χ3v) is 4.28. The van der Waals surface area contributed by atoms with Crippen molar-refractivity contribution in [2.75, 3.05) is 0 Å². The van der Waals surface area contributed by atoms with Gasteiger partial charge < -0.3 is 0 Å². The molecule has 0 spiro atoms. The predicted molar refractivity (Wildman–Crippen MR) is 71.9 cm³/mol. The van der Waals surface area contributed by atoms with Crippen molar-refractivity contribution in [3.8, 4) is 0 Å². The highest BCUT2D eigenvalue weighted by Gasteiger charge is 2.05. The van der Waals surface area contributed by atoms with E-state index in [2.05, 4.69) is 21.8 Å². The number of hydrogen-bond acceptors (Lipinski definition) is 4. The molecule has 3 rings (SSSR count). The highest BCUT2D eigenvalue weighted by Crippen LogP contribution is 2.13. The molecule has 0 amide bonds. The molecule has 0 aromatic carbocycles. The monoisotopic (exact) mass is 262 g/mol. The van der Waals surface area contributed by atoms with E-state index in [-0.39, 0.29) is 5.56 Å². The molecule has 0 bridgehead atoms. The second-order valence-corrected chi connectivity index (χ2v) is 5.46. The summed E-state index contributed by atoms with van der Waals surface area (Å²) in [5.74, 6) is 0. The minimum Gasteiger partial charge on any atom is -0.298 e. The number of thiophene rings is 2. The predicted octanol–water partition coefficient (Wildman–Crippen LogP) is 2.76. The van der Waals surface area contributed by atoms with E-state index in [1.165, 1.54) is 16.9 Å². The zero-order valence-corrected chi connectivity index (χ0v) is 10.6. The molecule has 17 heavy (non-hydrogen) atoms. The number of aromatic nitrogens is 2. The molecular weight excluding hydrogens is 252 g/mol. The van der Waals surface area contributed by atoms with Crippen molar-refractivity contribution in [3.05, 3.63) is 50.5 Å². The topological polar surface area (TPSA) is 34.9 Å². The van der Waals surface area contributed by atoms with Crippen LogP contribution in [0.3, 0.4) is 0 Å². The largest absolute Gasteiger partial charge is 0.298 e. The molecule has 0 unspecified atom stereocenters. The first-order valence-electron chi connectivity index (χ1n) is 5.28. The van der Waals surface area contributed by atoms with E-state index < -0.39 is 0 Å². The molecule has 3 heterocycles. The lowest BCUT2D eigenvalue weighted by Crippen LogP contribution is -2.20. The lowest BCUT2D eigenvalue weighted by Gasteiger charge is -2.03. The maximum absolute atomic E-state index is 12.1. The molecule has 0 aliphatic heterocycles. The first kappa shape index (κ1) is 10.7. The Labute approximate surface area is 106 Å². The van der Waals surface area contributed by atoms with Crippen LogP contribution in [0.1, 0.15) is 5.56 Å². The fourth-order valence-electron chi connectivity index (χ4n) is 1.72. The Balaban J connectivity index is 1.90. The maximum atomic E-state index is 12.1. The summed E-state index contributed by atoms with van der Waals surface area (Å²) in [4.78, 5) is 16.4. The fraction of sp³-hybridized carbons (Fsp3) is 0.167. The molecule has 0 radical (unpaired) electrons. The third-order valence-electron chi connectivity index (χ3n) is 2.66. The summed E-state index contributed by atoms with van der Waals surface area (Å²) in [6.45, 7) is 0.691. The van der Waals surface area contributed by atoms with Crippen LogP contribution in [-0.2, 0) is 13.0 Å². The SMILES string of the molecule is O=c1c2sccc2ncn1CCc1ccsc1. The second-order valence-electron chi connectivity index (χ2n) is 3.76. The second kappa shape index (κ2) is 4.43. The Kier molecular flexibility index (Phi) is 2.78. The van der Waals surface area contributed by atoms with Crippen molar-refractivity contribution >= 4 is 32.9 Å². The van der Waals surface area contributed by atoms with Gasteiger partial charge in [0.25, 0.3) is 5.56 Å². The Morgan fingerprint density at radius 1 is 1.29 bits per heavy atom. The minimum absolute atomic E-state index is 0.0697. The summed E-state index contributed by atoms with van der Waals surface area (Å²) in [6, 6.07) is 3.97. The zero-order valence-electron chi connectivity index (χ0n) is 9.00. The Morgan fingerprint density at radius 2 is 2.24 bits per heavy atom. The van der Waals surface area contributed by atoms with E-state index in [1.54, 1.807) is 22.2 Å². The van der Waals surface area contributed by atoms with Crippen LogP contribution >= 0.6 is 22.7 Å². The molecule has 86 valence electrons. The van der Waals surface area contributed by atoms with Crippen LogP contribution in [0.4, 0.5) is 0 Å². The third kappa shape index (κ3) is 2.03. The molecule has 3 aromatic rings. The first-order valence-corrected chi connectivity index (χ1v) is 7.10. The standard InChI is InChI=1S/C12H10N2OS2/c15-12-11-10(3-6-17-11)13-8-14(12)4-1-9-2-5-16-7-9/h2-3,5-8H,1,4H2. The Morgan fingerprint density at radius 3 is 3.06 bits per heavy atom. The van der Waals surface area contributed by atoms with Crippen LogP contribution in [0, 0.1) is 0 Å². The van der Waals surface area contributed by atoms with Crippen LogP contribution in [0.5, 0.6) is 0 Å². The summed E-state index contributed by atoms with van der Waals surface area (Å²) in [5.41, 5.74) is 2.14. The summed E-state index contributed by atoms with van der Waals surface area (Å²) in [5, 5.41) is 6.07. The van der Waals surface area contributed by atoms with E-state index in [9.17, 15) is 4.79 Å². The summed E-state index contributed by atoms with van der Waals surface area (Å²) in [7, 11) is 0. The molecule has 0 saturated heterocycles. The minimum atomic E-state index is 0.0697. The van der Waals surface area contributed by atoms with Crippen molar-refractivity contribution in [2.45, 2.75) is 13.0 Å². The van der Waals surface area contributed by atoms with Gasteiger partial charge in [0.1, 0.15) is 4.70 Å². The van der Waals surface area contributed by atoms with Gasteiger partial charge in [-0.15, -0.1) is 11.3 Å². The van der Waals surface area contributed by atoms with Crippen molar-refractivity contribution < 1.29 is 0 Å². The van der Waals surface area contributed by atoms with E-state index in [0.29, 0.717) is 6.54 Å². The highest BCUT2D eigenvalue weighted by molar-refractivity contribution is 7.17. The quantitative estimate of drug-likeness (QED) is 0.727. The number of fused-ring (bicyclic) bond motifs is 1. The van der Waals surface area contributed by atoms with Gasteiger partial charge in [-0.25, -0.2) is 4.98 Å². The van der Waals surface area contributed by atoms with Gasteiger partial charge in [-0.3, -0.25) is 9.36 Å². The van der Waals surface area contributed by atoms with Gasteiger partial charge in [-0.2, -0.15) is 11.3 Å². The first-order chi connectivity index (χ1) is 8.34.